The van der Waals surface area contributed by atoms with Crippen LogP contribution in [0.2, 0.25) is 0 Å². The van der Waals surface area contributed by atoms with E-state index in [0.717, 1.165) is 28.1 Å². The Labute approximate surface area is 135 Å². The summed E-state index contributed by atoms with van der Waals surface area (Å²) in [6, 6.07) is 19.4. The van der Waals surface area contributed by atoms with Gasteiger partial charge in [-0.2, -0.15) is 5.26 Å². The number of aromatic nitrogens is 2. The molecule has 3 heteroatoms. The van der Waals surface area contributed by atoms with Crippen molar-refractivity contribution in [2.45, 2.75) is 6.42 Å². The molecule has 0 bridgehead atoms. The Morgan fingerprint density at radius 1 is 0.783 bits per heavy atom. The molecule has 0 saturated carbocycles. The van der Waals surface area contributed by atoms with E-state index in [2.05, 4.69) is 27.9 Å². The second kappa shape index (κ2) is 7.02. The maximum atomic E-state index is 8.66. The summed E-state index contributed by atoms with van der Waals surface area (Å²) in [6.07, 6.45) is 3.92. The first-order chi connectivity index (χ1) is 11.3. The summed E-state index contributed by atoms with van der Waals surface area (Å²) in [5.41, 5.74) is 4.45. The third-order valence-electron chi connectivity index (χ3n) is 3.28. The summed E-state index contributed by atoms with van der Waals surface area (Å²) in [6.45, 7) is 0. The molecule has 3 rings (SSSR count). The Balaban J connectivity index is 1.75. The maximum Gasteiger partial charge on any atom is 0.0887 e. The van der Waals surface area contributed by atoms with E-state index in [1.807, 2.05) is 54.6 Å². The van der Waals surface area contributed by atoms with Crippen LogP contribution >= 0.6 is 0 Å². The lowest BCUT2D eigenvalue weighted by Crippen LogP contribution is -1.87. The van der Waals surface area contributed by atoms with Gasteiger partial charge in [0, 0.05) is 23.5 Å². The van der Waals surface area contributed by atoms with E-state index in [1.54, 1.807) is 12.4 Å². The van der Waals surface area contributed by atoms with Crippen molar-refractivity contribution >= 4 is 0 Å². The van der Waals surface area contributed by atoms with Crippen molar-refractivity contribution in [2.75, 3.05) is 0 Å². The van der Waals surface area contributed by atoms with Crippen LogP contribution in [0.4, 0.5) is 0 Å². The van der Waals surface area contributed by atoms with Crippen LogP contribution in [0.5, 0.6) is 0 Å². The topological polar surface area (TPSA) is 49.6 Å². The normalized spacial score (nSPS) is 9.52. The SMILES string of the molecule is N#CCc1ccc(C#Cc2ccc(-c3ccccn3)nc2)cc1. The molecule has 0 aliphatic heterocycles. The lowest BCUT2D eigenvalue weighted by Gasteiger charge is -1.98. The van der Waals surface area contributed by atoms with Gasteiger partial charge in [-0.3, -0.25) is 9.97 Å². The average molecular weight is 295 g/mol. The molecule has 1 aromatic carbocycles. The fraction of sp³-hybridized carbons (Fsp3) is 0.0500. The van der Waals surface area contributed by atoms with Crippen LogP contribution in [0.1, 0.15) is 16.7 Å². The second-order valence-corrected chi connectivity index (χ2v) is 4.93. The van der Waals surface area contributed by atoms with E-state index in [9.17, 15) is 0 Å². The third kappa shape index (κ3) is 3.81. The summed E-state index contributed by atoms with van der Waals surface area (Å²) in [7, 11) is 0. The molecule has 23 heavy (non-hydrogen) atoms. The highest BCUT2D eigenvalue weighted by Gasteiger charge is 1.98. The molecule has 0 aliphatic rings. The predicted octanol–water partition coefficient (Wildman–Crippen LogP) is 3.61. The molecule has 0 N–H and O–H groups in total. The number of nitriles is 1. The molecule has 0 fully saturated rings. The quantitative estimate of drug-likeness (QED) is 0.679. The van der Waals surface area contributed by atoms with Crippen molar-refractivity contribution in [3.8, 4) is 29.3 Å². The minimum absolute atomic E-state index is 0.423. The van der Waals surface area contributed by atoms with Crippen LogP contribution < -0.4 is 0 Å². The summed E-state index contributed by atoms with van der Waals surface area (Å²) < 4.78 is 0. The van der Waals surface area contributed by atoms with Crippen LogP contribution in [0.15, 0.2) is 67.0 Å². The Morgan fingerprint density at radius 3 is 2.17 bits per heavy atom. The van der Waals surface area contributed by atoms with Crippen LogP contribution in [-0.2, 0) is 6.42 Å². The van der Waals surface area contributed by atoms with Crippen LogP contribution in [0.3, 0.4) is 0 Å². The van der Waals surface area contributed by atoms with Gasteiger partial charge in [-0.1, -0.05) is 30.0 Å². The minimum atomic E-state index is 0.423. The summed E-state index contributed by atoms with van der Waals surface area (Å²) in [4.78, 5) is 8.67. The van der Waals surface area contributed by atoms with Crippen molar-refractivity contribution in [3.05, 3.63) is 83.7 Å². The van der Waals surface area contributed by atoms with Crippen molar-refractivity contribution in [3.63, 3.8) is 0 Å². The van der Waals surface area contributed by atoms with Gasteiger partial charge in [-0.05, 0) is 42.0 Å². The number of rotatable bonds is 2. The first kappa shape index (κ1) is 14.5. The maximum absolute atomic E-state index is 8.66. The number of pyridine rings is 2. The molecular formula is C20H13N3. The number of hydrogen-bond acceptors (Lipinski definition) is 3. The molecule has 2 heterocycles. The zero-order chi connectivity index (χ0) is 15.9. The van der Waals surface area contributed by atoms with Gasteiger partial charge in [0.05, 0.1) is 23.9 Å². The van der Waals surface area contributed by atoms with Gasteiger partial charge in [0.15, 0.2) is 0 Å². The zero-order valence-electron chi connectivity index (χ0n) is 12.4. The molecule has 0 aliphatic carbocycles. The zero-order valence-corrected chi connectivity index (χ0v) is 12.4. The number of nitrogens with zero attached hydrogens (tertiary/aromatic N) is 3. The van der Waals surface area contributed by atoms with E-state index in [-0.39, 0.29) is 0 Å². The Kier molecular flexibility index (Phi) is 4.43. The summed E-state index contributed by atoms with van der Waals surface area (Å²) in [5, 5.41) is 8.66. The fourth-order valence-corrected chi connectivity index (χ4v) is 2.08. The molecule has 0 amide bonds. The predicted molar refractivity (Wildman–Crippen MR) is 89.2 cm³/mol. The molecule has 0 radical (unpaired) electrons. The standard InChI is InChI=1S/C20H13N3/c21-13-12-17-6-4-16(5-7-17)8-9-18-10-11-20(23-15-18)19-3-1-2-14-22-19/h1-7,10-11,14-15H,12H2. The second-order valence-electron chi connectivity index (χ2n) is 4.93. The van der Waals surface area contributed by atoms with Crippen molar-refractivity contribution in [2.24, 2.45) is 0 Å². The Morgan fingerprint density at radius 2 is 1.52 bits per heavy atom. The van der Waals surface area contributed by atoms with Crippen LogP contribution in [-0.4, -0.2) is 9.97 Å². The molecule has 0 unspecified atom stereocenters. The molecule has 0 atom stereocenters. The molecular weight excluding hydrogens is 282 g/mol. The van der Waals surface area contributed by atoms with E-state index < -0.39 is 0 Å². The lowest BCUT2D eigenvalue weighted by molar-refractivity contribution is 1.24. The Hall–Kier alpha value is -3.43. The third-order valence-corrected chi connectivity index (χ3v) is 3.28. The molecule has 2 aromatic heterocycles. The number of hydrogen-bond donors (Lipinski definition) is 0. The highest BCUT2D eigenvalue weighted by atomic mass is 14.8. The lowest BCUT2D eigenvalue weighted by atomic mass is 10.1. The monoisotopic (exact) mass is 295 g/mol. The molecule has 3 aromatic rings. The van der Waals surface area contributed by atoms with E-state index >= 15 is 0 Å². The van der Waals surface area contributed by atoms with Crippen molar-refractivity contribution in [1.29, 1.82) is 5.26 Å². The first-order valence-corrected chi connectivity index (χ1v) is 7.20. The molecule has 3 nitrogen and oxygen atoms in total. The van der Waals surface area contributed by atoms with Crippen LogP contribution in [0.25, 0.3) is 11.4 Å². The van der Waals surface area contributed by atoms with Gasteiger partial charge in [0.2, 0.25) is 0 Å². The average Bonchev–Trinajstić information content (AvgIpc) is 2.63. The van der Waals surface area contributed by atoms with Gasteiger partial charge in [0.25, 0.3) is 0 Å². The summed E-state index contributed by atoms with van der Waals surface area (Å²) >= 11 is 0. The van der Waals surface area contributed by atoms with Gasteiger partial charge < -0.3 is 0 Å². The first-order valence-electron chi connectivity index (χ1n) is 7.20. The van der Waals surface area contributed by atoms with Crippen molar-refractivity contribution in [1.82, 2.24) is 9.97 Å². The van der Waals surface area contributed by atoms with E-state index in [1.165, 1.54) is 0 Å². The molecule has 0 saturated heterocycles. The smallest absolute Gasteiger partial charge is 0.0887 e. The van der Waals surface area contributed by atoms with Gasteiger partial charge in [-0.25, -0.2) is 0 Å². The van der Waals surface area contributed by atoms with Gasteiger partial charge in [0.1, 0.15) is 0 Å². The van der Waals surface area contributed by atoms with Crippen molar-refractivity contribution < 1.29 is 0 Å². The number of benzene rings is 1. The largest absolute Gasteiger partial charge is 0.255 e. The van der Waals surface area contributed by atoms with Gasteiger partial charge >= 0.3 is 0 Å². The highest BCUT2D eigenvalue weighted by molar-refractivity contribution is 5.55. The van der Waals surface area contributed by atoms with E-state index in [4.69, 9.17) is 5.26 Å². The fourth-order valence-electron chi connectivity index (χ4n) is 2.08. The summed E-state index contributed by atoms with van der Waals surface area (Å²) in [5.74, 6) is 6.19. The van der Waals surface area contributed by atoms with Gasteiger partial charge in [-0.15, -0.1) is 0 Å². The molecule has 108 valence electrons. The van der Waals surface area contributed by atoms with Crippen LogP contribution in [0, 0.1) is 23.2 Å². The van der Waals surface area contributed by atoms with E-state index in [0.29, 0.717) is 6.42 Å². The Bertz CT molecular complexity index is 878. The highest BCUT2D eigenvalue weighted by Crippen LogP contribution is 2.13. The molecule has 0 spiro atoms. The minimum Gasteiger partial charge on any atom is -0.255 e.